The zero-order valence-corrected chi connectivity index (χ0v) is 14.7. The van der Waals surface area contributed by atoms with Crippen LogP contribution in [0.15, 0.2) is 28.7 Å². The van der Waals surface area contributed by atoms with Gasteiger partial charge >= 0.3 is 11.9 Å². The topological polar surface area (TPSA) is 102 Å². The van der Waals surface area contributed by atoms with Gasteiger partial charge in [-0.1, -0.05) is 28.1 Å². The van der Waals surface area contributed by atoms with E-state index in [1.165, 1.54) is 12.5 Å². The van der Waals surface area contributed by atoms with E-state index in [4.69, 9.17) is 11.1 Å². The van der Waals surface area contributed by atoms with Crippen LogP contribution >= 0.6 is 15.9 Å². The minimum Gasteiger partial charge on any atom is -0.466 e. The van der Waals surface area contributed by atoms with Gasteiger partial charge in [0.2, 0.25) is 0 Å². The molecule has 0 aliphatic rings. The molecule has 0 bridgehead atoms. The quantitative estimate of drug-likeness (QED) is 0.622. The molecule has 0 spiro atoms. The van der Waals surface area contributed by atoms with Crippen molar-refractivity contribution in [3.05, 3.63) is 34.3 Å². The van der Waals surface area contributed by atoms with E-state index >= 15 is 0 Å². The summed E-state index contributed by atoms with van der Waals surface area (Å²) in [6.07, 6.45) is 0.642. The average Bonchev–Trinajstić information content (AvgIpc) is 2.49. The average molecular weight is 375 g/mol. The molecule has 0 saturated carbocycles. The molecule has 7 heteroatoms. The minimum atomic E-state index is -0.581. The third-order valence-electron chi connectivity index (χ3n) is 1.90. The van der Waals surface area contributed by atoms with Gasteiger partial charge < -0.3 is 20.6 Å². The van der Waals surface area contributed by atoms with E-state index < -0.39 is 5.97 Å². The van der Waals surface area contributed by atoms with E-state index in [1.807, 2.05) is 24.3 Å². The second-order valence-corrected chi connectivity index (χ2v) is 4.57. The molecule has 22 heavy (non-hydrogen) atoms. The Morgan fingerprint density at radius 3 is 1.91 bits per heavy atom. The van der Waals surface area contributed by atoms with E-state index in [1.54, 1.807) is 13.8 Å². The van der Waals surface area contributed by atoms with Gasteiger partial charge in [0.1, 0.15) is 6.21 Å². The molecule has 124 valence electrons. The first kappa shape index (κ1) is 22.5. The second-order valence-electron chi connectivity index (χ2n) is 3.65. The number of carbonyl (C=O) groups is 2. The van der Waals surface area contributed by atoms with Crippen LogP contribution in [0.1, 0.15) is 26.3 Å². The van der Waals surface area contributed by atoms with Crippen molar-refractivity contribution in [1.29, 1.82) is 5.41 Å². The molecule has 0 aliphatic heterocycles. The normalized spacial score (nSPS) is 8.41. The van der Waals surface area contributed by atoms with E-state index in [0.717, 1.165) is 4.47 Å². The summed E-state index contributed by atoms with van der Waals surface area (Å²) in [7, 11) is 0. The summed E-state index contributed by atoms with van der Waals surface area (Å²) in [6, 6.07) is 7.98. The summed E-state index contributed by atoms with van der Waals surface area (Å²) in [5.74, 6) is -0.792. The van der Waals surface area contributed by atoms with Gasteiger partial charge in [-0.3, -0.25) is 4.79 Å². The maximum atomic E-state index is 9.95. The molecule has 1 rings (SSSR count). The Bertz CT molecular complexity index is 436. The molecule has 0 aromatic heterocycles. The van der Waals surface area contributed by atoms with Crippen molar-refractivity contribution in [2.24, 2.45) is 5.73 Å². The van der Waals surface area contributed by atoms with Gasteiger partial charge in [-0.25, -0.2) is 4.79 Å². The number of carbonyl (C=O) groups excluding carboxylic acids is 2. The largest absolute Gasteiger partial charge is 0.466 e. The highest BCUT2D eigenvalue weighted by atomic mass is 79.9. The van der Waals surface area contributed by atoms with Gasteiger partial charge in [0.05, 0.1) is 13.2 Å². The molecule has 0 saturated heterocycles. The van der Waals surface area contributed by atoms with Crippen LogP contribution in [-0.2, 0) is 25.6 Å². The molecule has 6 nitrogen and oxygen atoms in total. The van der Waals surface area contributed by atoms with Crippen LogP contribution in [0.5, 0.6) is 0 Å². The van der Waals surface area contributed by atoms with Crippen molar-refractivity contribution in [1.82, 2.24) is 0 Å². The molecule has 0 radical (unpaired) electrons. The van der Waals surface area contributed by atoms with Gasteiger partial charge in [-0.05, 0) is 31.5 Å². The lowest BCUT2D eigenvalue weighted by Gasteiger charge is -1.93. The zero-order chi connectivity index (χ0) is 17.4. The highest BCUT2D eigenvalue weighted by Gasteiger charge is 1.88. The number of ether oxygens (including phenoxy) is 2. The molecule has 0 fully saturated rings. The summed E-state index contributed by atoms with van der Waals surface area (Å²) in [5, 5.41) is 6.31. The summed E-state index contributed by atoms with van der Waals surface area (Å²) in [5.41, 5.74) is 6.55. The molecular weight excluding hydrogens is 352 g/mol. The number of nitrogens with one attached hydrogen (secondary N) is 1. The van der Waals surface area contributed by atoms with E-state index in [-0.39, 0.29) is 5.97 Å². The molecule has 0 aliphatic carbocycles. The lowest BCUT2D eigenvalue weighted by atomic mass is 10.2. The van der Waals surface area contributed by atoms with Crippen molar-refractivity contribution >= 4 is 34.1 Å². The van der Waals surface area contributed by atoms with Gasteiger partial charge in [-0.15, -0.1) is 0 Å². The van der Waals surface area contributed by atoms with Crippen LogP contribution in [0, 0.1) is 5.41 Å². The standard InChI is InChI=1S/C7H8BrN.C4H7NO2.C4H8O2/c8-7-3-1-6(5-9)2-4-7;1-2-7-4(6)3-5;1-3-6-4(2)5/h1-4H,5,9H2;3,5H,2H2,1H3;3H2,1-2H3. The number of rotatable bonds is 4. The fourth-order valence-electron chi connectivity index (χ4n) is 1.01. The van der Waals surface area contributed by atoms with Crippen molar-refractivity contribution in [3.63, 3.8) is 0 Å². The SMILES string of the molecule is CCOC(=O)C=N.CCOC(C)=O.NCc1ccc(Br)cc1. The van der Waals surface area contributed by atoms with E-state index in [0.29, 0.717) is 26.0 Å². The Hall–Kier alpha value is -1.73. The molecule has 0 amide bonds. The van der Waals surface area contributed by atoms with Crippen LogP contribution in [0.3, 0.4) is 0 Å². The molecule has 3 N–H and O–H groups in total. The number of esters is 2. The first-order chi connectivity index (χ1) is 10.4. The summed E-state index contributed by atoms with van der Waals surface area (Å²) < 4.78 is 9.81. The Kier molecular flexibility index (Phi) is 16.0. The molecule has 0 heterocycles. The number of hydrogen-bond donors (Lipinski definition) is 2. The van der Waals surface area contributed by atoms with Crippen LogP contribution in [0.2, 0.25) is 0 Å². The van der Waals surface area contributed by atoms with Crippen LogP contribution in [0.4, 0.5) is 0 Å². The Morgan fingerprint density at radius 1 is 1.18 bits per heavy atom. The molecule has 0 unspecified atom stereocenters. The molecule has 1 aromatic rings. The summed E-state index contributed by atoms with van der Waals surface area (Å²) in [4.78, 5) is 19.8. The fraction of sp³-hybridized carbons (Fsp3) is 0.400. The zero-order valence-electron chi connectivity index (χ0n) is 13.1. The smallest absolute Gasteiger partial charge is 0.348 e. The Labute approximate surface area is 139 Å². The number of benzene rings is 1. The third kappa shape index (κ3) is 16.3. The predicted octanol–water partition coefficient (Wildman–Crippen LogP) is 2.68. The summed E-state index contributed by atoms with van der Waals surface area (Å²) in [6.45, 7) is 6.31. The minimum absolute atomic E-state index is 0.211. The van der Waals surface area contributed by atoms with Gasteiger partial charge in [0, 0.05) is 17.9 Å². The van der Waals surface area contributed by atoms with Crippen LogP contribution < -0.4 is 5.73 Å². The van der Waals surface area contributed by atoms with Crippen molar-refractivity contribution in [3.8, 4) is 0 Å². The monoisotopic (exact) mass is 374 g/mol. The molecular formula is C15H23BrN2O4. The van der Waals surface area contributed by atoms with Gasteiger partial charge in [0.15, 0.2) is 0 Å². The van der Waals surface area contributed by atoms with E-state index in [2.05, 4.69) is 25.4 Å². The molecule has 1 aromatic carbocycles. The number of hydrogen-bond acceptors (Lipinski definition) is 6. The maximum Gasteiger partial charge on any atom is 0.348 e. The number of halogens is 1. The highest BCUT2D eigenvalue weighted by molar-refractivity contribution is 9.10. The van der Waals surface area contributed by atoms with Crippen molar-refractivity contribution in [2.45, 2.75) is 27.3 Å². The van der Waals surface area contributed by atoms with Crippen molar-refractivity contribution < 1.29 is 19.1 Å². The van der Waals surface area contributed by atoms with E-state index in [9.17, 15) is 9.59 Å². The first-order valence-corrected chi connectivity index (χ1v) is 7.45. The second kappa shape index (κ2) is 15.7. The molecule has 0 atom stereocenters. The predicted molar refractivity (Wildman–Crippen MR) is 89.8 cm³/mol. The first-order valence-electron chi connectivity index (χ1n) is 6.66. The van der Waals surface area contributed by atoms with Gasteiger partial charge in [0.25, 0.3) is 0 Å². The Balaban J connectivity index is 0. The Morgan fingerprint density at radius 2 is 1.68 bits per heavy atom. The highest BCUT2D eigenvalue weighted by Crippen LogP contribution is 2.09. The third-order valence-corrected chi connectivity index (χ3v) is 2.43. The number of nitrogens with two attached hydrogens (primary N) is 1. The van der Waals surface area contributed by atoms with Crippen molar-refractivity contribution in [2.75, 3.05) is 13.2 Å². The lowest BCUT2D eigenvalue weighted by molar-refractivity contribution is -0.140. The summed E-state index contributed by atoms with van der Waals surface area (Å²) >= 11 is 3.33. The van der Waals surface area contributed by atoms with Crippen LogP contribution in [0.25, 0.3) is 0 Å². The van der Waals surface area contributed by atoms with Crippen LogP contribution in [-0.4, -0.2) is 31.4 Å². The maximum absolute atomic E-state index is 9.95. The fourth-order valence-corrected chi connectivity index (χ4v) is 1.27. The lowest BCUT2D eigenvalue weighted by Crippen LogP contribution is -2.02. The van der Waals surface area contributed by atoms with Gasteiger partial charge in [-0.2, -0.15) is 0 Å².